The van der Waals surface area contributed by atoms with Crippen LogP contribution in [-0.2, 0) is 17.6 Å². The van der Waals surface area contributed by atoms with Crippen molar-refractivity contribution in [1.82, 2.24) is 24.5 Å². The first-order valence-electron chi connectivity index (χ1n) is 13.5. The number of carbonyl (C=O) groups excluding carboxylic acids is 1. The highest BCUT2D eigenvalue weighted by Crippen LogP contribution is 2.47. The molecule has 0 radical (unpaired) electrons. The Labute approximate surface area is 224 Å². The molecule has 0 saturated heterocycles. The lowest BCUT2D eigenvalue weighted by atomic mass is 9.93. The van der Waals surface area contributed by atoms with Gasteiger partial charge in [-0.2, -0.15) is 5.10 Å². The number of hydrogen-bond donors (Lipinski definition) is 0. The maximum Gasteiger partial charge on any atom is 0.267 e. The number of nitrogens with zero attached hydrogens (tertiary/aromatic N) is 5. The van der Waals surface area contributed by atoms with Crippen molar-refractivity contribution in [2.75, 3.05) is 6.54 Å². The number of hydrogen-bond acceptors (Lipinski definition) is 6. The van der Waals surface area contributed by atoms with Crippen molar-refractivity contribution in [2.24, 2.45) is 0 Å². The summed E-state index contributed by atoms with van der Waals surface area (Å²) in [5.74, 6) is 0.706. The molecule has 1 aromatic carbocycles. The van der Waals surface area contributed by atoms with E-state index in [0.717, 1.165) is 51.1 Å². The molecule has 1 aliphatic heterocycles. The normalized spacial score (nSPS) is 20.0. The molecule has 0 bridgehead atoms. The molecule has 196 valence electrons. The number of aromatic nitrogens is 4. The van der Waals surface area contributed by atoms with Gasteiger partial charge in [0.25, 0.3) is 5.91 Å². The number of amides is 1. The average Bonchev–Trinajstić information content (AvgIpc) is 3.82. The highest BCUT2D eigenvalue weighted by molar-refractivity contribution is 7.16. The standard InChI is InChI=1S/C29H30FN5O2S/c1-4-22-24(10-5-16(2)31-22)37-29(12-13-29)27(36)34-14-11-23-26(35-28(32-23)38-17(3)33-35)25(34)20-9-8-19(15-21(20)30)18-6-7-18/h5,8-10,15,18,25H,4,6-7,11-14H2,1-3H3. The average molecular weight is 532 g/mol. The van der Waals surface area contributed by atoms with E-state index in [1.165, 1.54) is 11.3 Å². The lowest BCUT2D eigenvalue weighted by Crippen LogP contribution is -2.49. The van der Waals surface area contributed by atoms with Gasteiger partial charge in [0.1, 0.15) is 22.6 Å². The Kier molecular flexibility index (Phi) is 5.37. The number of ether oxygens (including phenoxy) is 1. The number of pyridine rings is 1. The van der Waals surface area contributed by atoms with Crippen molar-refractivity contribution in [2.45, 2.75) is 76.9 Å². The molecular formula is C29H30FN5O2S. The molecule has 1 atom stereocenters. The zero-order chi connectivity index (χ0) is 26.2. The lowest BCUT2D eigenvalue weighted by molar-refractivity contribution is -0.143. The summed E-state index contributed by atoms with van der Waals surface area (Å²) in [7, 11) is 0. The molecule has 9 heteroatoms. The summed E-state index contributed by atoms with van der Waals surface area (Å²) in [4.78, 5) is 26.3. The van der Waals surface area contributed by atoms with Gasteiger partial charge in [-0.15, -0.1) is 0 Å². The molecule has 4 heterocycles. The Bertz CT molecular complexity index is 1590. The predicted octanol–water partition coefficient (Wildman–Crippen LogP) is 5.47. The summed E-state index contributed by atoms with van der Waals surface area (Å²) in [5.41, 5.74) is 3.99. The van der Waals surface area contributed by atoms with E-state index < -0.39 is 11.6 Å². The van der Waals surface area contributed by atoms with E-state index >= 15 is 4.39 Å². The van der Waals surface area contributed by atoms with Crippen LogP contribution in [0.3, 0.4) is 0 Å². The van der Waals surface area contributed by atoms with Crippen molar-refractivity contribution in [3.63, 3.8) is 0 Å². The molecule has 2 saturated carbocycles. The fraction of sp³-hybridized carbons (Fsp3) is 0.448. The zero-order valence-corrected chi connectivity index (χ0v) is 22.6. The van der Waals surface area contributed by atoms with Gasteiger partial charge in [0.2, 0.25) is 4.96 Å². The Morgan fingerprint density at radius 2 is 2.00 bits per heavy atom. The van der Waals surface area contributed by atoms with Gasteiger partial charge >= 0.3 is 0 Å². The lowest BCUT2D eigenvalue weighted by Gasteiger charge is -2.38. The molecule has 1 unspecified atom stereocenters. The third kappa shape index (κ3) is 3.82. The summed E-state index contributed by atoms with van der Waals surface area (Å²) < 4.78 is 24.1. The fourth-order valence-electron chi connectivity index (χ4n) is 5.72. The Balaban J connectivity index is 1.31. The molecule has 3 aliphatic rings. The zero-order valence-electron chi connectivity index (χ0n) is 21.8. The fourth-order valence-corrected chi connectivity index (χ4v) is 6.49. The van der Waals surface area contributed by atoms with Crippen LogP contribution in [0.15, 0.2) is 30.3 Å². The minimum absolute atomic E-state index is 0.108. The maximum absolute atomic E-state index is 15.8. The molecule has 7 nitrogen and oxygen atoms in total. The SMILES string of the molecule is CCc1nc(C)ccc1OC1(C(=O)N2CCc3nc4sc(C)nn4c3C2c2ccc(C3CC3)cc2F)CC1. The monoisotopic (exact) mass is 531 g/mol. The molecule has 38 heavy (non-hydrogen) atoms. The van der Waals surface area contributed by atoms with Gasteiger partial charge < -0.3 is 9.64 Å². The molecule has 1 amide bonds. The maximum atomic E-state index is 15.8. The minimum Gasteiger partial charge on any atom is -0.476 e. The van der Waals surface area contributed by atoms with E-state index in [2.05, 4.69) is 4.98 Å². The van der Waals surface area contributed by atoms with E-state index in [0.29, 0.717) is 49.5 Å². The van der Waals surface area contributed by atoms with Crippen LogP contribution < -0.4 is 4.74 Å². The Morgan fingerprint density at radius 3 is 2.71 bits per heavy atom. The van der Waals surface area contributed by atoms with Crippen LogP contribution >= 0.6 is 11.3 Å². The molecule has 2 fully saturated rings. The number of aryl methyl sites for hydroxylation is 3. The van der Waals surface area contributed by atoms with Crippen LogP contribution in [0.1, 0.15) is 83.5 Å². The second kappa shape index (κ2) is 8.59. The Morgan fingerprint density at radius 1 is 1.18 bits per heavy atom. The van der Waals surface area contributed by atoms with E-state index in [1.54, 1.807) is 11.0 Å². The molecule has 2 aliphatic carbocycles. The largest absolute Gasteiger partial charge is 0.476 e. The molecule has 0 spiro atoms. The van der Waals surface area contributed by atoms with Crippen LogP contribution in [0.4, 0.5) is 4.39 Å². The number of benzene rings is 1. The van der Waals surface area contributed by atoms with Gasteiger partial charge in [-0.3, -0.25) is 9.78 Å². The number of rotatable bonds is 6. The van der Waals surface area contributed by atoms with Gasteiger partial charge in [-0.1, -0.05) is 30.4 Å². The molecule has 3 aromatic heterocycles. The van der Waals surface area contributed by atoms with Crippen molar-refractivity contribution in [3.05, 3.63) is 75.1 Å². The van der Waals surface area contributed by atoms with Crippen molar-refractivity contribution in [3.8, 4) is 5.75 Å². The van der Waals surface area contributed by atoms with Gasteiger partial charge in [-0.25, -0.2) is 13.9 Å². The smallest absolute Gasteiger partial charge is 0.267 e. The van der Waals surface area contributed by atoms with Crippen molar-refractivity contribution in [1.29, 1.82) is 0 Å². The summed E-state index contributed by atoms with van der Waals surface area (Å²) in [6, 6.07) is 8.74. The first kappa shape index (κ1) is 23.8. The van der Waals surface area contributed by atoms with E-state index in [1.807, 2.05) is 49.6 Å². The second-order valence-electron chi connectivity index (χ2n) is 10.8. The summed E-state index contributed by atoms with van der Waals surface area (Å²) >= 11 is 1.51. The highest BCUT2D eigenvalue weighted by atomic mass is 32.1. The van der Waals surface area contributed by atoms with Crippen LogP contribution in [0.25, 0.3) is 4.96 Å². The third-order valence-electron chi connectivity index (χ3n) is 8.01. The first-order chi connectivity index (χ1) is 18.4. The van der Waals surface area contributed by atoms with Gasteiger partial charge in [-0.05, 0) is 62.8 Å². The summed E-state index contributed by atoms with van der Waals surface area (Å²) in [5, 5.41) is 5.57. The van der Waals surface area contributed by atoms with Gasteiger partial charge in [0, 0.05) is 37.1 Å². The van der Waals surface area contributed by atoms with Crippen molar-refractivity contribution >= 4 is 22.2 Å². The van der Waals surface area contributed by atoms with E-state index in [4.69, 9.17) is 14.8 Å². The Hall–Kier alpha value is -3.33. The van der Waals surface area contributed by atoms with E-state index in [9.17, 15) is 4.79 Å². The summed E-state index contributed by atoms with van der Waals surface area (Å²) in [6.07, 6.45) is 4.76. The quantitative estimate of drug-likeness (QED) is 0.330. The van der Waals surface area contributed by atoms with Gasteiger partial charge in [0.15, 0.2) is 5.60 Å². The number of halogens is 1. The molecular weight excluding hydrogens is 501 g/mol. The molecule has 7 rings (SSSR count). The topological polar surface area (TPSA) is 72.6 Å². The first-order valence-corrected chi connectivity index (χ1v) is 14.3. The van der Waals surface area contributed by atoms with Crippen molar-refractivity contribution < 1.29 is 13.9 Å². The number of carbonyl (C=O) groups is 1. The van der Waals surface area contributed by atoms with E-state index in [-0.39, 0.29) is 11.7 Å². The van der Waals surface area contributed by atoms with Gasteiger partial charge in [0.05, 0.1) is 17.1 Å². The second-order valence-corrected chi connectivity index (χ2v) is 12.0. The molecule has 4 aromatic rings. The number of imidazole rings is 1. The van der Waals surface area contributed by atoms with Crippen LogP contribution in [0.5, 0.6) is 5.75 Å². The highest BCUT2D eigenvalue weighted by Gasteiger charge is 2.57. The van der Waals surface area contributed by atoms with Crippen LogP contribution in [0.2, 0.25) is 0 Å². The predicted molar refractivity (Wildman–Crippen MR) is 142 cm³/mol. The summed E-state index contributed by atoms with van der Waals surface area (Å²) in [6.45, 7) is 6.37. The van der Waals surface area contributed by atoms with Crippen LogP contribution in [-0.4, -0.2) is 42.5 Å². The number of fused-ring (bicyclic) bond motifs is 3. The van der Waals surface area contributed by atoms with Crippen LogP contribution in [0, 0.1) is 19.7 Å². The third-order valence-corrected chi connectivity index (χ3v) is 8.83. The minimum atomic E-state index is -0.956. The molecule has 0 N–H and O–H groups in total.